The summed E-state index contributed by atoms with van der Waals surface area (Å²) in [5.74, 6) is -0.192. The number of amides is 2. The number of carbonyl (C=O) groups excluding carboxylic acids is 2. The molecule has 1 fully saturated rings. The molecule has 2 N–H and O–H groups in total. The van der Waals surface area contributed by atoms with E-state index in [2.05, 4.69) is 37.7 Å². The fraction of sp³-hybridized carbons (Fsp3) is 0.524. The van der Waals surface area contributed by atoms with E-state index in [0.29, 0.717) is 30.8 Å². The number of nitrogens with zero attached hydrogens (tertiary/aromatic N) is 4. The van der Waals surface area contributed by atoms with Gasteiger partial charge in [-0.05, 0) is 38.6 Å². The second-order valence-electron chi connectivity index (χ2n) is 7.52. The number of hydrogen-bond acceptors (Lipinski definition) is 7. The number of piperazine rings is 1. The van der Waals surface area contributed by atoms with Gasteiger partial charge in [-0.3, -0.25) is 9.59 Å². The van der Waals surface area contributed by atoms with Crippen molar-refractivity contribution in [3.63, 3.8) is 0 Å². The van der Waals surface area contributed by atoms with Crippen LogP contribution in [0.25, 0.3) is 0 Å². The predicted molar refractivity (Wildman–Crippen MR) is 119 cm³/mol. The number of likely N-dealkylation sites (N-methyl/N-ethyl adjacent to an activating group) is 1. The third kappa shape index (κ3) is 7.47. The molecule has 30 heavy (non-hydrogen) atoms. The minimum atomic E-state index is -0.261. The Kier molecular flexibility index (Phi) is 8.73. The predicted octanol–water partition coefficient (Wildman–Crippen LogP) is 1.87. The topological polar surface area (TPSA) is 90.5 Å². The molecule has 0 atom stereocenters. The summed E-state index contributed by atoms with van der Waals surface area (Å²) >= 11 is 1.27. The molecule has 2 heterocycles. The van der Waals surface area contributed by atoms with Gasteiger partial charge in [-0.2, -0.15) is 0 Å². The average Bonchev–Trinajstić information content (AvgIpc) is 3.22. The number of carbonyl (C=O) groups is 2. The maximum Gasteiger partial charge on any atom is 0.286 e. The molecule has 2 amide bonds. The minimum absolute atomic E-state index is 0.0694. The first-order valence-corrected chi connectivity index (χ1v) is 11.3. The molecule has 9 heteroatoms. The maximum atomic E-state index is 12.2. The molecule has 1 aromatic carbocycles. The average molecular weight is 431 g/mol. The van der Waals surface area contributed by atoms with Gasteiger partial charge in [-0.25, -0.2) is 0 Å². The van der Waals surface area contributed by atoms with Crippen LogP contribution in [0, 0.1) is 0 Å². The number of hydrogen-bond donors (Lipinski definition) is 2. The van der Waals surface area contributed by atoms with Gasteiger partial charge in [-0.1, -0.05) is 29.5 Å². The van der Waals surface area contributed by atoms with E-state index in [1.54, 1.807) is 0 Å². The summed E-state index contributed by atoms with van der Waals surface area (Å²) in [4.78, 5) is 29.0. The molecule has 3 rings (SSSR count). The first kappa shape index (κ1) is 22.3. The number of aromatic nitrogens is 2. The molecule has 0 unspecified atom stereocenters. The van der Waals surface area contributed by atoms with Gasteiger partial charge in [0.05, 0.1) is 0 Å². The molecule has 0 radical (unpaired) electrons. The van der Waals surface area contributed by atoms with Gasteiger partial charge >= 0.3 is 0 Å². The van der Waals surface area contributed by atoms with Gasteiger partial charge in [0.15, 0.2) is 0 Å². The van der Waals surface area contributed by atoms with Crippen molar-refractivity contribution in [3.05, 3.63) is 40.3 Å². The first-order valence-electron chi connectivity index (χ1n) is 10.5. The monoisotopic (exact) mass is 430 g/mol. The number of para-hydroxylation sites is 1. The lowest BCUT2D eigenvalue weighted by Crippen LogP contribution is -2.45. The summed E-state index contributed by atoms with van der Waals surface area (Å²) in [5, 5.41) is 14.9. The lowest BCUT2D eigenvalue weighted by atomic mass is 10.2. The Balaban J connectivity index is 1.28. The highest BCUT2D eigenvalue weighted by atomic mass is 32.1. The zero-order valence-electron chi connectivity index (χ0n) is 17.5. The minimum Gasteiger partial charge on any atom is -0.356 e. The normalized spacial score (nSPS) is 15.1. The van der Waals surface area contributed by atoms with Crippen LogP contribution in [0.1, 0.15) is 34.1 Å². The van der Waals surface area contributed by atoms with Crippen LogP contribution in [0.2, 0.25) is 0 Å². The number of rotatable bonds is 10. The SMILES string of the molecule is CN1CCN(CCCNC(=O)CCCc2nnc(C(=O)Nc3ccccc3)s2)CC1. The number of benzene rings is 1. The van der Waals surface area contributed by atoms with Crippen molar-refractivity contribution in [2.24, 2.45) is 0 Å². The van der Waals surface area contributed by atoms with Crippen LogP contribution >= 0.6 is 11.3 Å². The zero-order valence-corrected chi connectivity index (χ0v) is 18.3. The van der Waals surface area contributed by atoms with E-state index in [9.17, 15) is 9.59 Å². The van der Waals surface area contributed by atoms with Crippen molar-refractivity contribution in [3.8, 4) is 0 Å². The molecule has 0 bridgehead atoms. The van der Waals surface area contributed by atoms with E-state index in [0.717, 1.165) is 49.8 Å². The van der Waals surface area contributed by atoms with Gasteiger partial charge in [0.1, 0.15) is 5.01 Å². The van der Waals surface area contributed by atoms with E-state index < -0.39 is 0 Å². The van der Waals surface area contributed by atoms with Crippen LogP contribution in [0.15, 0.2) is 30.3 Å². The highest BCUT2D eigenvalue weighted by molar-refractivity contribution is 7.13. The van der Waals surface area contributed by atoms with Crippen LogP contribution in [-0.4, -0.2) is 78.1 Å². The first-order chi connectivity index (χ1) is 14.6. The van der Waals surface area contributed by atoms with Gasteiger partial charge < -0.3 is 20.4 Å². The van der Waals surface area contributed by atoms with E-state index >= 15 is 0 Å². The van der Waals surface area contributed by atoms with E-state index in [1.807, 2.05) is 30.3 Å². The summed E-state index contributed by atoms with van der Waals surface area (Å²) < 4.78 is 0. The molecular weight excluding hydrogens is 400 g/mol. The Morgan fingerprint density at radius 1 is 1.07 bits per heavy atom. The molecule has 8 nitrogen and oxygen atoms in total. The highest BCUT2D eigenvalue weighted by Gasteiger charge is 2.14. The maximum absolute atomic E-state index is 12.2. The third-order valence-corrected chi connectivity index (χ3v) is 6.04. The molecule has 0 spiro atoms. The molecule has 1 aliphatic heterocycles. The quantitative estimate of drug-likeness (QED) is 0.559. The van der Waals surface area contributed by atoms with Crippen LogP contribution < -0.4 is 10.6 Å². The number of anilines is 1. The molecule has 0 saturated carbocycles. The van der Waals surface area contributed by atoms with E-state index in [4.69, 9.17) is 0 Å². The van der Waals surface area contributed by atoms with Gasteiger partial charge in [-0.15, -0.1) is 10.2 Å². The van der Waals surface area contributed by atoms with Gasteiger partial charge in [0.25, 0.3) is 5.91 Å². The summed E-state index contributed by atoms with van der Waals surface area (Å²) in [6.07, 6.45) is 2.77. The van der Waals surface area contributed by atoms with Crippen molar-refractivity contribution >= 4 is 28.8 Å². The van der Waals surface area contributed by atoms with Crippen LogP contribution in [0.4, 0.5) is 5.69 Å². The van der Waals surface area contributed by atoms with Gasteiger partial charge in [0.2, 0.25) is 10.9 Å². The van der Waals surface area contributed by atoms with Crippen molar-refractivity contribution < 1.29 is 9.59 Å². The van der Waals surface area contributed by atoms with Crippen LogP contribution in [0.3, 0.4) is 0 Å². The van der Waals surface area contributed by atoms with E-state index in [1.165, 1.54) is 11.3 Å². The lowest BCUT2D eigenvalue weighted by molar-refractivity contribution is -0.121. The Labute approximate surface area is 181 Å². The molecule has 162 valence electrons. The Hall–Kier alpha value is -2.36. The summed E-state index contributed by atoms with van der Waals surface area (Å²) in [5.41, 5.74) is 0.726. The van der Waals surface area contributed by atoms with Crippen molar-refractivity contribution in [1.29, 1.82) is 0 Å². The Bertz CT molecular complexity index is 805. The lowest BCUT2D eigenvalue weighted by Gasteiger charge is -2.32. The molecule has 1 aliphatic rings. The molecular formula is C21H30N6O2S. The summed E-state index contributed by atoms with van der Waals surface area (Å²) in [7, 11) is 2.15. The summed E-state index contributed by atoms with van der Waals surface area (Å²) in [6.45, 7) is 6.21. The molecule has 2 aromatic rings. The van der Waals surface area contributed by atoms with Crippen molar-refractivity contribution in [2.75, 3.05) is 51.6 Å². The van der Waals surface area contributed by atoms with Crippen LogP contribution in [0.5, 0.6) is 0 Å². The third-order valence-electron chi connectivity index (χ3n) is 5.06. The van der Waals surface area contributed by atoms with Crippen LogP contribution in [-0.2, 0) is 11.2 Å². The Morgan fingerprint density at radius 2 is 1.83 bits per heavy atom. The second kappa shape index (κ2) is 11.7. The summed E-state index contributed by atoms with van der Waals surface area (Å²) in [6, 6.07) is 9.26. The largest absolute Gasteiger partial charge is 0.356 e. The standard InChI is InChI=1S/C21H30N6O2S/c1-26-13-15-27(16-14-26)12-6-11-22-18(28)9-5-10-19-24-25-21(30-19)20(29)23-17-7-3-2-4-8-17/h2-4,7-8H,5-6,9-16H2,1H3,(H,22,28)(H,23,29). The smallest absolute Gasteiger partial charge is 0.286 e. The number of nitrogens with one attached hydrogen (secondary N) is 2. The molecule has 1 saturated heterocycles. The second-order valence-corrected chi connectivity index (χ2v) is 8.59. The highest BCUT2D eigenvalue weighted by Crippen LogP contribution is 2.15. The van der Waals surface area contributed by atoms with Gasteiger partial charge in [0, 0.05) is 51.3 Å². The number of aryl methyl sites for hydroxylation is 1. The fourth-order valence-corrected chi connectivity index (χ4v) is 4.02. The van der Waals surface area contributed by atoms with E-state index in [-0.39, 0.29) is 11.8 Å². The zero-order chi connectivity index (χ0) is 21.2. The van der Waals surface area contributed by atoms with Crippen molar-refractivity contribution in [2.45, 2.75) is 25.7 Å². The Morgan fingerprint density at radius 3 is 2.60 bits per heavy atom. The fourth-order valence-electron chi connectivity index (χ4n) is 3.24. The van der Waals surface area contributed by atoms with Crippen molar-refractivity contribution in [1.82, 2.24) is 25.3 Å². The molecule has 1 aromatic heterocycles. The molecule has 0 aliphatic carbocycles.